The summed E-state index contributed by atoms with van der Waals surface area (Å²) in [4.78, 5) is 0. The van der Waals surface area contributed by atoms with Gasteiger partial charge in [-0.25, -0.2) is 0 Å². The summed E-state index contributed by atoms with van der Waals surface area (Å²) in [6.45, 7) is 1.70. The van der Waals surface area contributed by atoms with Crippen LogP contribution >= 0.6 is 0 Å². The van der Waals surface area contributed by atoms with Gasteiger partial charge in [-0.2, -0.15) is 0 Å². The number of nitrogens with two attached hydrogens (primary N) is 1. The molecule has 1 atom stereocenters. The van der Waals surface area contributed by atoms with Crippen LogP contribution in [0, 0.1) is 0 Å². The van der Waals surface area contributed by atoms with Gasteiger partial charge in [-0.1, -0.05) is 18.2 Å². The molecule has 0 aromatic heterocycles. The molecule has 68 valence electrons. The first-order valence-electron chi connectivity index (χ1n) is 3.69. The van der Waals surface area contributed by atoms with Gasteiger partial charge < -0.3 is 15.9 Å². The molecule has 0 radical (unpaired) electrons. The number of aliphatic hydroxyl groups excluding tert-OH is 2. The van der Waals surface area contributed by atoms with Crippen molar-refractivity contribution in [2.45, 2.75) is 13.0 Å². The molecule has 3 nitrogen and oxygen atoms in total. The van der Waals surface area contributed by atoms with Crippen LogP contribution in [0.5, 0.6) is 0 Å². The highest BCUT2D eigenvalue weighted by atomic mass is 16.3. The van der Waals surface area contributed by atoms with E-state index in [-0.39, 0.29) is 0 Å². The van der Waals surface area contributed by atoms with Crippen LogP contribution < -0.4 is 5.73 Å². The normalized spacial score (nSPS) is 11.3. The van der Waals surface area contributed by atoms with Crippen molar-refractivity contribution in [3.05, 3.63) is 29.8 Å². The second kappa shape index (κ2) is 5.57. The maximum atomic E-state index is 9.12. The number of hydrogen-bond donors (Lipinski definition) is 3. The summed E-state index contributed by atoms with van der Waals surface area (Å²) in [5.74, 6) is 0. The largest absolute Gasteiger partial charge is 0.400 e. The van der Waals surface area contributed by atoms with Crippen molar-refractivity contribution in [2.24, 2.45) is 0 Å². The van der Waals surface area contributed by atoms with E-state index in [9.17, 15) is 0 Å². The molecule has 1 aromatic carbocycles. The van der Waals surface area contributed by atoms with Crippen LogP contribution in [-0.4, -0.2) is 17.3 Å². The van der Waals surface area contributed by atoms with Crippen LogP contribution in [0.25, 0.3) is 0 Å². The Morgan fingerprint density at radius 3 is 2.08 bits per heavy atom. The van der Waals surface area contributed by atoms with Crippen LogP contribution in [-0.2, 0) is 0 Å². The third-order valence-electron chi connectivity index (χ3n) is 1.45. The maximum Gasteiger partial charge on any atom is 0.0781 e. The van der Waals surface area contributed by atoms with E-state index in [1.54, 1.807) is 13.0 Å². The molecule has 4 N–H and O–H groups in total. The van der Waals surface area contributed by atoms with E-state index in [0.29, 0.717) is 5.69 Å². The lowest BCUT2D eigenvalue weighted by Gasteiger charge is -2.06. The van der Waals surface area contributed by atoms with Crippen molar-refractivity contribution in [1.29, 1.82) is 0 Å². The van der Waals surface area contributed by atoms with Gasteiger partial charge in [0.1, 0.15) is 0 Å². The van der Waals surface area contributed by atoms with E-state index in [1.807, 2.05) is 18.2 Å². The molecule has 3 heteroatoms. The molecule has 0 aliphatic rings. The predicted octanol–water partition coefficient (Wildman–Crippen LogP) is 0.931. The van der Waals surface area contributed by atoms with Gasteiger partial charge in [0.05, 0.1) is 6.10 Å². The molecule has 0 saturated carbocycles. The lowest BCUT2D eigenvalue weighted by molar-refractivity contribution is 0.200. The van der Waals surface area contributed by atoms with Crippen molar-refractivity contribution in [1.82, 2.24) is 0 Å². The summed E-state index contributed by atoms with van der Waals surface area (Å²) in [5.41, 5.74) is 7.01. The van der Waals surface area contributed by atoms with Crippen molar-refractivity contribution < 1.29 is 10.2 Å². The standard InChI is InChI=1S/C8H11NO.CH4O/c1-6(10)7-4-2-3-5-8(7)9;1-2/h2-6,10H,9H2,1H3;2H,1H3. The highest BCUT2D eigenvalue weighted by Gasteiger charge is 2.01. The second-order valence-corrected chi connectivity index (χ2v) is 2.30. The topological polar surface area (TPSA) is 66.5 Å². The smallest absolute Gasteiger partial charge is 0.0781 e. The molecule has 0 heterocycles. The third kappa shape index (κ3) is 2.90. The molecule has 0 spiro atoms. The van der Waals surface area contributed by atoms with Crippen LogP contribution in [0.4, 0.5) is 5.69 Å². The fraction of sp³-hybridized carbons (Fsp3) is 0.333. The number of hydrogen-bond acceptors (Lipinski definition) is 3. The Morgan fingerprint density at radius 2 is 1.75 bits per heavy atom. The summed E-state index contributed by atoms with van der Waals surface area (Å²) in [7, 11) is 1.00. The van der Waals surface area contributed by atoms with Gasteiger partial charge >= 0.3 is 0 Å². The molecule has 0 bridgehead atoms. The second-order valence-electron chi connectivity index (χ2n) is 2.30. The van der Waals surface area contributed by atoms with Gasteiger partial charge in [0, 0.05) is 18.4 Å². The van der Waals surface area contributed by atoms with Crippen LogP contribution in [0.1, 0.15) is 18.6 Å². The number of aliphatic hydroxyl groups is 2. The molecule has 0 aliphatic carbocycles. The summed E-state index contributed by atoms with van der Waals surface area (Å²) in [5, 5.41) is 16.1. The zero-order chi connectivity index (χ0) is 9.56. The van der Waals surface area contributed by atoms with Gasteiger partial charge in [-0.05, 0) is 13.0 Å². The monoisotopic (exact) mass is 169 g/mol. The molecular formula is C9H15NO2. The van der Waals surface area contributed by atoms with Gasteiger partial charge in [-0.15, -0.1) is 0 Å². The van der Waals surface area contributed by atoms with Gasteiger partial charge in [0.15, 0.2) is 0 Å². The van der Waals surface area contributed by atoms with E-state index in [4.69, 9.17) is 15.9 Å². The predicted molar refractivity (Wildman–Crippen MR) is 49.6 cm³/mol. The number of benzene rings is 1. The third-order valence-corrected chi connectivity index (χ3v) is 1.45. The summed E-state index contributed by atoms with van der Waals surface area (Å²) < 4.78 is 0. The van der Waals surface area contributed by atoms with E-state index < -0.39 is 6.10 Å². The fourth-order valence-electron chi connectivity index (χ4n) is 0.891. The summed E-state index contributed by atoms with van der Waals surface area (Å²) in [6, 6.07) is 7.31. The molecule has 0 amide bonds. The number of rotatable bonds is 1. The van der Waals surface area contributed by atoms with E-state index in [0.717, 1.165) is 12.7 Å². The first kappa shape index (κ1) is 10.9. The zero-order valence-electron chi connectivity index (χ0n) is 7.36. The van der Waals surface area contributed by atoms with E-state index in [2.05, 4.69) is 0 Å². The molecule has 1 aromatic rings. The lowest BCUT2D eigenvalue weighted by Crippen LogP contribution is -1.96. The highest BCUT2D eigenvalue weighted by Crippen LogP contribution is 2.18. The Kier molecular flexibility index (Phi) is 5.08. The van der Waals surface area contributed by atoms with Crippen LogP contribution in [0.3, 0.4) is 0 Å². The zero-order valence-corrected chi connectivity index (χ0v) is 7.36. The van der Waals surface area contributed by atoms with Crippen molar-refractivity contribution >= 4 is 5.69 Å². The minimum absolute atomic E-state index is 0.471. The van der Waals surface area contributed by atoms with E-state index in [1.165, 1.54) is 0 Å². The molecule has 0 fully saturated rings. The van der Waals surface area contributed by atoms with Gasteiger partial charge in [0.2, 0.25) is 0 Å². The Labute approximate surface area is 72.5 Å². The Morgan fingerprint density at radius 1 is 1.25 bits per heavy atom. The van der Waals surface area contributed by atoms with Crippen molar-refractivity contribution in [3.63, 3.8) is 0 Å². The SMILES string of the molecule is CC(O)c1ccccc1N.CO. The van der Waals surface area contributed by atoms with Gasteiger partial charge in [-0.3, -0.25) is 0 Å². The Balaban J connectivity index is 0.000000561. The summed E-state index contributed by atoms with van der Waals surface area (Å²) in [6.07, 6.45) is -0.471. The highest BCUT2D eigenvalue weighted by molar-refractivity contribution is 5.47. The maximum absolute atomic E-state index is 9.12. The fourth-order valence-corrected chi connectivity index (χ4v) is 0.891. The average Bonchev–Trinajstić information content (AvgIpc) is 2.08. The first-order valence-corrected chi connectivity index (χ1v) is 3.69. The number of nitrogen functional groups attached to an aromatic ring is 1. The number of anilines is 1. The van der Waals surface area contributed by atoms with E-state index >= 15 is 0 Å². The quantitative estimate of drug-likeness (QED) is 0.548. The molecule has 0 saturated heterocycles. The number of para-hydroxylation sites is 1. The average molecular weight is 169 g/mol. The van der Waals surface area contributed by atoms with Crippen molar-refractivity contribution in [3.8, 4) is 0 Å². The summed E-state index contributed by atoms with van der Waals surface area (Å²) >= 11 is 0. The molecule has 12 heavy (non-hydrogen) atoms. The minimum atomic E-state index is -0.471. The molecular weight excluding hydrogens is 154 g/mol. The first-order chi connectivity index (χ1) is 5.72. The lowest BCUT2D eigenvalue weighted by atomic mass is 10.1. The molecule has 1 rings (SSSR count). The minimum Gasteiger partial charge on any atom is -0.400 e. The molecule has 1 unspecified atom stereocenters. The van der Waals surface area contributed by atoms with Crippen LogP contribution in [0.15, 0.2) is 24.3 Å². The Bertz CT molecular complexity index is 224. The Hall–Kier alpha value is -1.06. The van der Waals surface area contributed by atoms with Gasteiger partial charge in [0.25, 0.3) is 0 Å². The van der Waals surface area contributed by atoms with Crippen molar-refractivity contribution in [2.75, 3.05) is 12.8 Å². The van der Waals surface area contributed by atoms with Crippen LogP contribution in [0.2, 0.25) is 0 Å². The molecule has 0 aliphatic heterocycles.